The fraction of sp³-hybridized carbons (Fsp3) is 0. The van der Waals surface area contributed by atoms with E-state index in [9.17, 15) is 0 Å². The zero-order valence-corrected chi connectivity index (χ0v) is 8.46. The van der Waals surface area contributed by atoms with Gasteiger partial charge in [0.1, 0.15) is 5.65 Å². The molecule has 5 heteroatoms. The molecule has 0 N–H and O–H groups in total. The van der Waals surface area contributed by atoms with Crippen LogP contribution in [0.1, 0.15) is 0 Å². The molecule has 0 spiro atoms. The van der Waals surface area contributed by atoms with Crippen molar-refractivity contribution >= 4 is 17.2 Å². The standard InChI is InChI=1S/C10H7ClN4/c11-8-5-12-15(6-8)10-7-14-4-2-1-3-9(14)13-10/h1-7H. The smallest absolute Gasteiger partial charge is 0.172 e. The van der Waals surface area contributed by atoms with Crippen LogP contribution in [0.4, 0.5) is 0 Å². The molecule has 3 heterocycles. The topological polar surface area (TPSA) is 35.1 Å². The first-order chi connectivity index (χ1) is 7.33. The van der Waals surface area contributed by atoms with Crippen LogP contribution in [0, 0.1) is 0 Å². The van der Waals surface area contributed by atoms with Crippen LogP contribution >= 0.6 is 11.6 Å². The van der Waals surface area contributed by atoms with Gasteiger partial charge in [-0.3, -0.25) is 0 Å². The zero-order valence-electron chi connectivity index (χ0n) is 7.71. The van der Waals surface area contributed by atoms with Gasteiger partial charge in [-0.25, -0.2) is 9.67 Å². The van der Waals surface area contributed by atoms with Gasteiger partial charge < -0.3 is 4.40 Å². The molecule has 0 aliphatic rings. The van der Waals surface area contributed by atoms with Crippen LogP contribution in [0.25, 0.3) is 11.5 Å². The average molecular weight is 219 g/mol. The Balaban J connectivity index is 2.19. The first-order valence-corrected chi connectivity index (χ1v) is 4.85. The summed E-state index contributed by atoms with van der Waals surface area (Å²) in [6, 6.07) is 5.84. The zero-order chi connectivity index (χ0) is 10.3. The molecule has 0 saturated carbocycles. The van der Waals surface area contributed by atoms with E-state index < -0.39 is 0 Å². The van der Waals surface area contributed by atoms with Crippen molar-refractivity contribution in [2.75, 3.05) is 0 Å². The average Bonchev–Trinajstić information content (AvgIpc) is 2.82. The highest BCUT2D eigenvalue weighted by molar-refractivity contribution is 6.30. The molecule has 0 atom stereocenters. The SMILES string of the molecule is Clc1cnn(-c2cn3ccccc3n2)c1. The van der Waals surface area contributed by atoms with Crippen LogP contribution < -0.4 is 0 Å². The quantitative estimate of drug-likeness (QED) is 0.628. The second-order valence-corrected chi connectivity index (χ2v) is 3.60. The number of fused-ring (bicyclic) bond motifs is 1. The summed E-state index contributed by atoms with van der Waals surface area (Å²) in [5, 5.41) is 4.69. The van der Waals surface area contributed by atoms with Crippen molar-refractivity contribution < 1.29 is 0 Å². The Morgan fingerprint density at radius 3 is 2.87 bits per heavy atom. The highest BCUT2D eigenvalue weighted by Crippen LogP contribution is 2.12. The molecule has 4 nitrogen and oxygen atoms in total. The Labute approximate surface area is 90.7 Å². The first kappa shape index (κ1) is 8.49. The second-order valence-electron chi connectivity index (χ2n) is 3.17. The Morgan fingerprint density at radius 2 is 2.13 bits per heavy atom. The molecule has 0 aliphatic carbocycles. The van der Waals surface area contributed by atoms with E-state index in [1.54, 1.807) is 17.1 Å². The number of pyridine rings is 1. The van der Waals surface area contributed by atoms with E-state index in [1.807, 2.05) is 35.0 Å². The number of aromatic nitrogens is 4. The molecule has 0 bridgehead atoms. The molecule has 0 unspecified atom stereocenters. The number of imidazole rings is 1. The maximum Gasteiger partial charge on any atom is 0.172 e. The highest BCUT2D eigenvalue weighted by atomic mass is 35.5. The van der Waals surface area contributed by atoms with E-state index in [4.69, 9.17) is 11.6 Å². The normalized spacial score (nSPS) is 11.0. The Morgan fingerprint density at radius 1 is 1.20 bits per heavy atom. The first-order valence-electron chi connectivity index (χ1n) is 4.47. The van der Waals surface area contributed by atoms with Crippen LogP contribution in [-0.4, -0.2) is 19.2 Å². The van der Waals surface area contributed by atoms with Crippen LogP contribution in [-0.2, 0) is 0 Å². The maximum absolute atomic E-state index is 5.79. The van der Waals surface area contributed by atoms with Crippen molar-refractivity contribution in [3.8, 4) is 5.82 Å². The second kappa shape index (κ2) is 3.10. The van der Waals surface area contributed by atoms with Crippen molar-refractivity contribution in [2.24, 2.45) is 0 Å². The summed E-state index contributed by atoms with van der Waals surface area (Å²) >= 11 is 5.79. The number of nitrogens with zero attached hydrogens (tertiary/aromatic N) is 4. The van der Waals surface area contributed by atoms with E-state index in [-0.39, 0.29) is 0 Å². The van der Waals surface area contributed by atoms with E-state index in [1.165, 1.54) is 0 Å². The molecule has 0 amide bonds. The molecule has 0 aromatic carbocycles. The minimum atomic E-state index is 0.604. The van der Waals surface area contributed by atoms with E-state index >= 15 is 0 Å². The fourth-order valence-corrected chi connectivity index (χ4v) is 1.59. The van der Waals surface area contributed by atoms with Gasteiger partial charge in [0.25, 0.3) is 0 Å². The van der Waals surface area contributed by atoms with Crippen molar-refractivity contribution in [1.29, 1.82) is 0 Å². The molecule has 15 heavy (non-hydrogen) atoms. The largest absolute Gasteiger partial charge is 0.305 e. The molecule has 3 aromatic heterocycles. The van der Waals surface area contributed by atoms with E-state index in [2.05, 4.69) is 10.1 Å². The van der Waals surface area contributed by atoms with Crippen molar-refractivity contribution in [2.45, 2.75) is 0 Å². The van der Waals surface area contributed by atoms with Gasteiger partial charge in [0.05, 0.1) is 23.6 Å². The molecule has 0 aliphatic heterocycles. The minimum Gasteiger partial charge on any atom is -0.305 e. The summed E-state index contributed by atoms with van der Waals surface area (Å²) in [5.41, 5.74) is 0.888. The molecule has 3 rings (SSSR count). The summed E-state index contributed by atoms with van der Waals surface area (Å²) in [5.74, 6) is 0.758. The number of hydrogen-bond acceptors (Lipinski definition) is 2. The molecular weight excluding hydrogens is 212 g/mol. The maximum atomic E-state index is 5.79. The summed E-state index contributed by atoms with van der Waals surface area (Å²) in [6.07, 6.45) is 7.16. The van der Waals surface area contributed by atoms with Gasteiger partial charge in [0, 0.05) is 6.20 Å². The van der Waals surface area contributed by atoms with Crippen LogP contribution in [0.15, 0.2) is 43.0 Å². The monoisotopic (exact) mass is 218 g/mol. The van der Waals surface area contributed by atoms with Gasteiger partial charge in [-0.2, -0.15) is 5.10 Å². The lowest BCUT2D eigenvalue weighted by Gasteiger charge is -1.90. The van der Waals surface area contributed by atoms with Gasteiger partial charge in [-0.15, -0.1) is 0 Å². The lowest BCUT2D eigenvalue weighted by molar-refractivity contribution is 0.856. The summed E-state index contributed by atoms with van der Waals surface area (Å²) < 4.78 is 3.58. The number of rotatable bonds is 1. The van der Waals surface area contributed by atoms with Crippen LogP contribution in [0.3, 0.4) is 0 Å². The van der Waals surface area contributed by atoms with Gasteiger partial charge >= 0.3 is 0 Å². The van der Waals surface area contributed by atoms with E-state index in [0.29, 0.717) is 5.02 Å². The van der Waals surface area contributed by atoms with Crippen molar-refractivity contribution in [3.05, 3.63) is 48.0 Å². The molecule has 3 aromatic rings. The third kappa shape index (κ3) is 1.39. The third-order valence-corrected chi connectivity index (χ3v) is 2.33. The Kier molecular flexibility index (Phi) is 1.76. The fourth-order valence-electron chi connectivity index (χ4n) is 1.46. The van der Waals surface area contributed by atoms with Crippen molar-refractivity contribution in [1.82, 2.24) is 19.2 Å². The lowest BCUT2D eigenvalue weighted by Crippen LogP contribution is -1.93. The van der Waals surface area contributed by atoms with Gasteiger partial charge in [-0.1, -0.05) is 17.7 Å². The molecular formula is C10H7ClN4. The molecule has 0 fully saturated rings. The predicted octanol–water partition coefficient (Wildman–Crippen LogP) is 2.17. The summed E-state index contributed by atoms with van der Waals surface area (Å²) in [7, 11) is 0. The minimum absolute atomic E-state index is 0.604. The van der Waals surface area contributed by atoms with Gasteiger partial charge in [-0.05, 0) is 12.1 Å². The Hall–Kier alpha value is -1.81. The Bertz CT molecular complexity index is 577. The van der Waals surface area contributed by atoms with Gasteiger partial charge in [0.15, 0.2) is 5.82 Å². The molecule has 0 radical (unpaired) electrons. The summed E-state index contributed by atoms with van der Waals surface area (Å²) in [4.78, 5) is 4.40. The lowest BCUT2D eigenvalue weighted by atomic mass is 10.5. The molecule has 0 saturated heterocycles. The van der Waals surface area contributed by atoms with Crippen LogP contribution in [0.5, 0.6) is 0 Å². The molecule has 74 valence electrons. The van der Waals surface area contributed by atoms with Gasteiger partial charge in [0.2, 0.25) is 0 Å². The summed E-state index contributed by atoms with van der Waals surface area (Å²) in [6.45, 7) is 0. The number of hydrogen-bond donors (Lipinski definition) is 0. The van der Waals surface area contributed by atoms with Crippen LogP contribution in [0.2, 0.25) is 5.02 Å². The third-order valence-electron chi connectivity index (χ3n) is 2.14. The number of halogens is 1. The van der Waals surface area contributed by atoms with E-state index in [0.717, 1.165) is 11.5 Å². The predicted molar refractivity (Wildman–Crippen MR) is 57.3 cm³/mol. The van der Waals surface area contributed by atoms with Crippen molar-refractivity contribution in [3.63, 3.8) is 0 Å². The highest BCUT2D eigenvalue weighted by Gasteiger charge is 2.03.